The van der Waals surface area contributed by atoms with Crippen LogP contribution in [-0.4, -0.2) is 11.3 Å². The molecule has 35 heavy (non-hydrogen) atoms. The summed E-state index contributed by atoms with van der Waals surface area (Å²) in [7, 11) is 0. The van der Waals surface area contributed by atoms with Crippen molar-refractivity contribution in [3.05, 3.63) is 128 Å². The first-order valence-electron chi connectivity index (χ1n) is 11.2. The molecule has 1 aromatic heterocycles. The van der Waals surface area contributed by atoms with E-state index in [9.17, 15) is 9.90 Å². The van der Waals surface area contributed by atoms with Crippen molar-refractivity contribution in [2.45, 2.75) is 13.3 Å². The van der Waals surface area contributed by atoms with Crippen molar-refractivity contribution in [2.75, 3.05) is 0 Å². The first kappa shape index (κ1) is 22.8. The molecule has 0 aliphatic carbocycles. The van der Waals surface area contributed by atoms with Gasteiger partial charge in [0.2, 0.25) is 0 Å². The second-order valence-electron chi connectivity index (χ2n) is 8.42. The summed E-state index contributed by atoms with van der Waals surface area (Å²) in [5.74, 6) is 0.146. The van der Waals surface area contributed by atoms with Crippen LogP contribution in [0.4, 0.5) is 5.69 Å². The monoisotopic (exact) mass is 523 g/mol. The summed E-state index contributed by atoms with van der Waals surface area (Å²) in [6, 6.07) is 29.0. The summed E-state index contributed by atoms with van der Waals surface area (Å²) in [5.41, 5.74) is 6.04. The number of phenols is 1. The maximum absolute atomic E-state index is 12.6. The summed E-state index contributed by atoms with van der Waals surface area (Å²) < 4.78 is 6.13. The van der Waals surface area contributed by atoms with Gasteiger partial charge in [0.05, 0.1) is 15.7 Å². The molecule has 5 aromatic rings. The predicted octanol–water partition coefficient (Wildman–Crippen LogP) is 7.58. The van der Waals surface area contributed by atoms with Gasteiger partial charge in [-0.2, -0.15) is 0 Å². The molecule has 4 aromatic carbocycles. The van der Waals surface area contributed by atoms with Crippen LogP contribution in [-0.2, 0) is 6.42 Å². The van der Waals surface area contributed by atoms with E-state index >= 15 is 0 Å². The van der Waals surface area contributed by atoms with Gasteiger partial charge in [0.15, 0.2) is 0 Å². The molecule has 0 fully saturated rings. The van der Waals surface area contributed by atoms with Crippen LogP contribution in [0, 0.1) is 6.92 Å². The highest BCUT2D eigenvalue weighted by molar-refractivity contribution is 9.10. The molecule has 5 heteroatoms. The van der Waals surface area contributed by atoms with Crippen molar-refractivity contribution in [3.63, 3.8) is 0 Å². The molecule has 172 valence electrons. The Bertz CT molecular complexity index is 1620. The number of hydrogen-bond acceptors (Lipinski definition) is 4. The maximum Gasteiger partial charge on any atom is 0.344 e. The van der Waals surface area contributed by atoms with Crippen LogP contribution in [0.2, 0.25) is 0 Å². The van der Waals surface area contributed by atoms with Crippen molar-refractivity contribution in [1.82, 2.24) is 0 Å². The van der Waals surface area contributed by atoms with Crippen LogP contribution in [0.15, 0.2) is 110 Å². The fraction of sp³-hybridized carbons (Fsp3) is 0.0667. The molecule has 0 radical (unpaired) electrons. The molecular weight excluding hydrogens is 502 g/mol. The summed E-state index contributed by atoms with van der Waals surface area (Å²) in [5, 5.41) is 11.4. The predicted molar refractivity (Wildman–Crippen MR) is 145 cm³/mol. The zero-order valence-electron chi connectivity index (χ0n) is 19.0. The quantitative estimate of drug-likeness (QED) is 0.191. The largest absolute Gasteiger partial charge is 0.506 e. The van der Waals surface area contributed by atoms with Gasteiger partial charge in [-0.05, 0) is 87.9 Å². The lowest BCUT2D eigenvalue weighted by atomic mass is 10.0. The Morgan fingerprint density at radius 3 is 2.46 bits per heavy atom. The van der Waals surface area contributed by atoms with Gasteiger partial charge < -0.3 is 9.52 Å². The van der Waals surface area contributed by atoms with Crippen molar-refractivity contribution < 1.29 is 9.52 Å². The number of hydrogen-bond donors (Lipinski definition) is 1. The highest BCUT2D eigenvalue weighted by Crippen LogP contribution is 2.31. The van der Waals surface area contributed by atoms with E-state index in [4.69, 9.17) is 4.42 Å². The standard InChI is InChI=1S/C30H22BrNO3/c1-19-13-24(11-12-25(19)26-17-22-9-5-6-10-28(22)35-30(26)34)32-18-23-15-21(16-27(31)29(23)33)14-20-7-3-2-4-8-20/h2-13,15-18,33H,14H2,1H3. The summed E-state index contributed by atoms with van der Waals surface area (Å²) in [6.07, 6.45) is 2.41. The Morgan fingerprint density at radius 1 is 0.886 bits per heavy atom. The molecule has 0 amide bonds. The fourth-order valence-corrected chi connectivity index (χ4v) is 4.66. The van der Waals surface area contributed by atoms with E-state index in [-0.39, 0.29) is 11.4 Å². The maximum atomic E-state index is 12.6. The molecule has 0 spiro atoms. The van der Waals surface area contributed by atoms with Crippen molar-refractivity contribution in [3.8, 4) is 16.9 Å². The lowest BCUT2D eigenvalue weighted by molar-refractivity contribution is 0.471. The second-order valence-corrected chi connectivity index (χ2v) is 9.27. The minimum atomic E-state index is -0.368. The van der Waals surface area contributed by atoms with Crippen LogP contribution in [0.5, 0.6) is 5.75 Å². The third-order valence-corrected chi connectivity index (χ3v) is 6.50. The molecular formula is C30H22BrNO3. The average Bonchev–Trinajstić information content (AvgIpc) is 2.86. The van der Waals surface area contributed by atoms with E-state index < -0.39 is 0 Å². The van der Waals surface area contributed by atoms with Crippen LogP contribution in [0.25, 0.3) is 22.1 Å². The molecule has 1 N–H and O–H groups in total. The highest BCUT2D eigenvalue weighted by Gasteiger charge is 2.11. The van der Waals surface area contributed by atoms with Crippen LogP contribution >= 0.6 is 15.9 Å². The summed E-state index contributed by atoms with van der Waals surface area (Å²) in [4.78, 5) is 17.2. The van der Waals surface area contributed by atoms with E-state index in [1.165, 1.54) is 5.56 Å². The van der Waals surface area contributed by atoms with Gasteiger partial charge in [0, 0.05) is 17.2 Å². The van der Waals surface area contributed by atoms with E-state index in [0.717, 1.165) is 34.2 Å². The number of fused-ring (bicyclic) bond motifs is 1. The Labute approximate surface area is 211 Å². The lowest BCUT2D eigenvalue weighted by Crippen LogP contribution is -2.03. The molecule has 0 saturated carbocycles. The Morgan fingerprint density at radius 2 is 1.66 bits per heavy atom. The molecule has 1 heterocycles. The third kappa shape index (κ3) is 4.96. The number of aryl methyl sites for hydroxylation is 1. The minimum Gasteiger partial charge on any atom is -0.506 e. The molecule has 5 rings (SSSR count). The van der Waals surface area contributed by atoms with Gasteiger partial charge in [-0.3, -0.25) is 4.99 Å². The first-order chi connectivity index (χ1) is 17.0. The van der Waals surface area contributed by atoms with Gasteiger partial charge in [-0.1, -0.05) is 54.6 Å². The number of rotatable bonds is 5. The Balaban J connectivity index is 1.44. The van der Waals surface area contributed by atoms with Crippen molar-refractivity contribution in [1.29, 1.82) is 0 Å². The first-order valence-corrected chi connectivity index (χ1v) is 12.0. The highest BCUT2D eigenvalue weighted by atomic mass is 79.9. The Kier molecular flexibility index (Phi) is 6.34. The van der Waals surface area contributed by atoms with E-state index in [0.29, 0.717) is 21.2 Å². The summed E-state index contributed by atoms with van der Waals surface area (Å²) >= 11 is 3.46. The number of para-hydroxylation sites is 1. The Hall–Kier alpha value is -3.96. The number of benzene rings is 4. The molecule has 0 saturated heterocycles. The number of aromatic hydroxyl groups is 1. The van der Waals surface area contributed by atoms with E-state index in [1.807, 2.05) is 79.7 Å². The van der Waals surface area contributed by atoms with Crippen molar-refractivity contribution in [2.24, 2.45) is 4.99 Å². The van der Waals surface area contributed by atoms with Gasteiger partial charge in [0.1, 0.15) is 11.3 Å². The second kappa shape index (κ2) is 9.72. The van der Waals surface area contributed by atoms with Gasteiger partial charge in [0.25, 0.3) is 0 Å². The molecule has 0 atom stereocenters. The van der Waals surface area contributed by atoms with Crippen molar-refractivity contribution >= 4 is 38.8 Å². The van der Waals surface area contributed by atoms with Crippen LogP contribution < -0.4 is 5.63 Å². The number of nitrogens with zero attached hydrogens (tertiary/aromatic N) is 1. The molecule has 0 aliphatic rings. The zero-order chi connectivity index (χ0) is 24.4. The van der Waals surface area contributed by atoms with Gasteiger partial charge >= 0.3 is 5.63 Å². The number of aliphatic imine (C=N–C) groups is 1. The van der Waals surface area contributed by atoms with E-state index in [1.54, 1.807) is 12.3 Å². The number of phenolic OH excluding ortho intramolecular Hbond substituents is 1. The average molecular weight is 524 g/mol. The van der Waals surface area contributed by atoms with Gasteiger partial charge in [-0.25, -0.2) is 4.79 Å². The molecule has 4 nitrogen and oxygen atoms in total. The summed E-state index contributed by atoms with van der Waals surface area (Å²) in [6.45, 7) is 1.94. The molecule has 0 aliphatic heterocycles. The smallest absolute Gasteiger partial charge is 0.344 e. The lowest BCUT2D eigenvalue weighted by Gasteiger charge is -2.09. The van der Waals surface area contributed by atoms with E-state index in [2.05, 4.69) is 33.1 Å². The fourth-order valence-electron chi connectivity index (χ4n) is 4.13. The van der Waals surface area contributed by atoms with Crippen LogP contribution in [0.3, 0.4) is 0 Å². The normalized spacial score (nSPS) is 11.4. The number of halogens is 1. The SMILES string of the molecule is Cc1cc(N=Cc2cc(Cc3ccccc3)cc(Br)c2O)ccc1-c1cc2ccccc2oc1=O. The minimum absolute atomic E-state index is 0.146. The topological polar surface area (TPSA) is 62.8 Å². The van der Waals surface area contributed by atoms with Crippen LogP contribution in [0.1, 0.15) is 22.3 Å². The molecule has 0 bridgehead atoms. The third-order valence-electron chi connectivity index (χ3n) is 5.90. The molecule has 0 unspecified atom stereocenters. The van der Waals surface area contributed by atoms with Gasteiger partial charge in [-0.15, -0.1) is 0 Å². The zero-order valence-corrected chi connectivity index (χ0v) is 20.6.